The van der Waals surface area contributed by atoms with Gasteiger partial charge in [-0.15, -0.1) is 0 Å². The Morgan fingerprint density at radius 3 is 2.63 bits per heavy atom. The maximum absolute atomic E-state index is 13.8. The first-order chi connectivity index (χ1) is 12.8. The first-order valence-corrected chi connectivity index (χ1v) is 10.1. The van der Waals surface area contributed by atoms with E-state index >= 15 is 0 Å². The Hall–Kier alpha value is -2.29. The molecule has 1 aliphatic rings. The van der Waals surface area contributed by atoms with Gasteiger partial charge in [-0.2, -0.15) is 0 Å². The second-order valence-electron chi connectivity index (χ2n) is 6.45. The SMILES string of the molecule is Cc1ccc(F)c(NC(=O)c2ccc(S(=O)(=O)NC[C@H]3CCCO3)cc2)c1. The number of hydrogen-bond donors (Lipinski definition) is 2. The summed E-state index contributed by atoms with van der Waals surface area (Å²) < 4.78 is 46.3. The van der Waals surface area contributed by atoms with Gasteiger partial charge in [0.05, 0.1) is 16.7 Å². The predicted molar refractivity (Wildman–Crippen MR) is 99.7 cm³/mol. The molecule has 0 unspecified atom stereocenters. The van der Waals surface area contributed by atoms with Crippen molar-refractivity contribution in [3.05, 3.63) is 59.4 Å². The largest absolute Gasteiger partial charge is 0.377 e. The first kappa shape index (κ1) is 19.5. The van der Waals surface area contributed by atoms with Gasteiger partial charge in [-0.05, 0) is 61.7 Å². The number of sulfonamides is 1. The van der Waals surface area contributed by atoms with Crippen LogP contribution in [0.3, 0.4) is 0 Å². The molecule has 1 saturated heterocycles. The molecule has 1 amide bonds. The molecule has 1 heterocycles. The molecule has 1 atom stereocenters. The average Bonchev–Trinajstić information content (AvgIpc) is 3.17. The van der Waals surface area contributed by atoms with E-state index in [-0.39, 0.29) is 28.8 Å². The van der Waals surface area contributed by atoms with E-state index in [1.807, 2.05) is 0 Å². The number of anilines is 1. The zero-order valence-electron chi connectivity index (χ0n) is 14.9. The van der Waals surface area contributed by atoms with E-state index in [4.69, 9.17) is 4.74 Å². The number of carbonyl (C=O) groups excluding carboxylic acids is 1. The summed E-state index contributed by atoms with van der Waals surface area (Å²) in [6, 6.07) is 9.89. The molecule has 3 rings (SSSR count). The highest BCUT2D eigenvalue weighted by Gasteiger charge is 2.20. The zero-order valence-corrected chi connectivity index (χ0v) is 15.7. The Labute approximate surface area is 157 Å². The summed E-state index contributed by atoms with van der Waals surface area (Å²) in [5.41, 5.74) is 1.12. The van der Waals surface area contributed by atoms with Gasteiger partial charge in [0.25, 0.3) is 5.91 Å². The van der Waals surface area contributed by atoms with Crippen molar-refractivity contribution in [1.82, 2.24) is 4.72 Å². The molecule has 6 nitrogen and oxygen atoms in total. The van der Waals surface area contributed by atoms with Crippen molar-refractivity contribution < 1.29 is 22.3 Å². The van der Waals surface area contributed by atoms with E-state index in [1.54, 1.807) is 13.0 Å². The number of ether oxygens (including phenoxy) is 1. The second-order valence-corrected chi connectivity index (χ2v) is 8.22. The van der Waals surface area contributed by atoms with Crippen molar-refractivity contribution in [2.45, 2.75) is 30.8 Å². The van der Waals surface area contributed by atoms with Crippen molar-refractivity contribution in [3.63, 3.8) is 0 Å². The molecule has 0 bridgehead atoms. The summed E-state index contributed by atoms with van der Waals surface area (Å²) in [7, 11) is -3.68. The van der Waals surface area contributed by atoms with Crippen LogP contribution in [0.2, 0.25) is 0 Å². The van der Waals surface area contributed by atoms with Gasteiger partial charge in [-0.25, -0.2) is 17.5 Å². The topological polar surface area (TPSA) is 84.5 Å². The lowest BCUT2D eigenvalue weighted by atomic mass is 10.2. The van der Waals surface area contributed by atoms with Gasteiger partial charge in [0.1, 0.15) is 5.82 Å². The van der Waals surface area contributed by atoms with Gasteiger partial charge in [0, 0.05) is 18.7 Å². The second kappa shape index (κ2) is 8.16. The quantitative estimate of drug-likeness (QED) is 0.792. The zero-order chi connectivity index (χ0) is 19.4. The van der Waals surface area contributed by atoms with Gasteiger partial charge in [0.2, 0.25) is 10.0 Å². The molecule has 0 spiro atoms. The molecule has 0 aliphatic carbocycles. The first-order valence-electron chi connectivity index (χ1n) is 8.64. The number of carbonyl (C=O) groups is 1. The van der Waals surface area contributed by atoms with Crippen molar-refractivity contribution >= 4 is 21.6 Å². The van der Waals surface area contributed by atoms with Gasteiger partial charge in [0.15, 0.2) is 0 Å². The van der Waals surface area contributed by atoms with Crippen molar-refractivity contribution in [1.29, 1.82) is 0 Å². The Balaban J connectivity index is 1.66. The lowest BCUT2D eigenvalue weighted by Gasteiger charge is -2.12. The number of rotatable bonds is 6. The van der Waals surface area contributed by atoms with Crippen LogP contribution in [-0.4, -0.2) is 33.6 Å². The molecule has 2 N–H and O–H groups in total. The minimum Gasteiger partial charge on any atom is -0.377 e. The van der Waals surface area contributed by atoms with Crippen molar-refractivity contribution in [2.24, 2.45) is 0 Å². The van der Waals surface area contributed by atoms with E-state index in [1.165, 1.54) is 36.4 Å². The van der Waals surface area contributed by atoms with Crippen LogP contribution >= 0.6 is 0 Å². The highest BCUT2D eigenvalue weighted by molar-refractivity contribution is 7.89. The van der Waals surface area contributed by atoms with Crippen LogP contribution in [0.5, 0.6) is 0 Å². The van der Waals surface area contributed by atoms with E-state index in [0.717, 1.165) is 18.4 Å². The minimum absolute atomic E-state index is 0.0544. The molecule has 1 fully saturated rings. The smallest absolute Gasteiger partial charge is 0.255 e. The van der Waals surface area contributed by atoms with E-state index < -0.39 is 21.7 Å². The molecule has 8 heteroatoms. The van der Waals surface area contributed by atoms with E-state index in [9.17, 15) is 17.6 Å². The normalized spacial score (nSPS) is 17.0. The molecule has 27 heavy (non-hydrogen) atoms. The van der Waals surface area contributed by atoms with Crippen LogP contribution in [0.25, 0.3) is 0 Å². The van der Waals surface area contributed by atoms with Crippen LogP contribution in [0.15, 0.2) is 47.4 Å². The molecule has 144 valence electrons. The molecule has 1 aliphatic heterocycles. The van der Waals surface area contributed by atoms with Crippen LogP contribution in [-0.2, 0) is 14.8 Å². The molecule has 2 aromatic carbocycles. The highest BCUT2D eigenvalue weighted by atomic mass is 32.2. The molecule has 2 aromatic rings. The lowest BCUT2D eigenvalue weighted by molar-refractivity contribution is 0.102. The Kier molecular flexibility index (Phi) is 5.88. The number of nitrogens with one attached hydrogen (secondary N) is 2. The third-order valence-corrected chi connectivity index (χ3v) is 5.76. The van der Waals surface area contributed by atoms with Crippen LogP contribution in [0.1, 0.15) is 28.8 Å². The van der Waals surface area contributed by atoms with E-state index in [2.05, 4.69) is 10.0 Å². The third-order valence-electron chi connectivity index (χ3n) is 4.32. The monoisotopic (exact) mass is 392 g/mol. The third kappa shape index (κ3) is 4.91. The van der Waals surface area contributed by atoms with Gasteiger partial charge < -0.3 is 10.1 Å². The maximum atomic E-state index is 13.8. The number of benzene rings is 2. The minimum atomic E-state index is -3.68. The van der Waals surface area contributed by atoms with Gasteiger partial charge >= 0.3 is 0 Å². The number of aryl methyl sites for hydroxylation is 1. The predicted octanol–water partition coefficient (Wildman–Crippen LogP) is 2.84. The average molecular weight is 392 g/mol. The maximum Gasteiger partial charge on any atom is 0.255 e. The molecule has 0 aromatic heterocycles. The van der Waals surface area contributed by atoms with Crippen LogP contribution < -0.4 is 10.0 Å². The molecular formula is C19H21FN2O4S. The fourth-order valence-electron chi connectivity index (χ4n) is 2.81. The molecular weight excluding hydrogens is 371 g/mol. The summed E-state index contributed by atoms with van der Waals surface area (Å²) in [5.74, 6) is -1.05. The summed E-state index contributed by atoms with van der Waals surface area (Å²) in [4.78, 5) is 12.3. The summed E-state index contributed by atoms with van der Waals surface area (Å²) in [6.45, 7) is 2.66. The fraction of sp³-hybridized carbons (Fsp3) is 0.316. The molecule has 0 saturated carbocycles. The fourth-order valence-corrected chi connectivity index (χ4v) is 3.87. The van der Waals surface area contributed by atoms with Crippen molar-refractivity contribution in [2.75, 3.05) is 18.5 Å². The molecule has 0 radical (unpaired) electrons. The number of amides is 1. The highest BCUT2D eigenvalue weighted by Crippen LogP contribution is 2.18. The standard InChI is InChI=1S/C19H21FN2O4S/c1-13-4-9-17(20)18(11-13)22-19(23)14-5-7-16(8-6-14)27(24,25)21-12-15-3-2-10-26-15/h4-9,11,15,21H,2-3,10,12H2,1H3,(H,22,23)/t15-/m1/s1. The Bertz CT molecular complexity index is 923. The van der Waals surface area contributed by atoms with Crippen LogP contribution in [0.4, 0.5) is 10.1 Å². The lowest BCUT2D eigenvalue weighted by Crippen LogP contribution is -2.31. The van der Waals surface area contributed by atoms with Crippen LogP contribution in [0, 0.1) is 12.7 Å². The van der Waals surface area contributed by atoms with E-state index in [0.29, 0.717) is 6.61 Å². The summed E-state index contributed by atoms with van der Waals surface area (Å²) in [6.07, 6.45) is 1.66. The van der Waals surface area contributed by atoms with Gasteiger partial charge in [-0.3, -0.25) is 4.79 Å². The summed E-state index contributed by atoms with van der Waals surface area (Å²) >= 11 is 0. The Morgan fingerprint density at radius 1 is 1.22 bits per heavy atom. The number of halogens is 1. The summed E-state index contributed by atoms with van der Waals surface area (Å²) in [5, 5.41) is 2.49. The van der Waals surface area contributed by atoms with Crippen molar-refractivity contribution in [3.8, 4) is 0 Å². The number of hydrogen-bond acceptors (Lipinski definition) is 4. The Morgan fingerprint density at radius 2 is 1.96 bits per heavy atom. The van der Waals surface area contributed by atoms with Gasteiger partial charge in [-0.1, -0.05) is 6.07 Å².